The summed E-state index contributed by atoms with van der Waals surface area (Å²) in [6.45, 7) is 1.80. The van der Waals surface area contributed by atoms with Crippen LogP contribution in [-0.2, 0) is 0 Å². The van der Waals surface area contributed by atoms with E-state index in [1.807, 2.05) is 0 Å². The summed E-state index contributed by atoms with van der Waals surface area (Å²) < 4.78 is 4.66. The normalized spacial score (nSPS) is 20.6. The van der Waals surface area contributed by atoms with Gasteiger partial charge in [-0.3, -0.25) is 4.79 Å². The second-order valence-electron chi connectivity index (χ2n) is 4.21. The fraction of sp³-hybridized carbons (Fsp3) is 0.500. The first-order valence-electron chi connectivity index (χ1n) is 5.86. The Labute approximate surface area is 99.2 Å². The number of carbonyl (C=O) groups is 1. The minimum absolute atomic E-state index is 0.150. The fourth-order valence-corrected chi connectivity index (χ4v) is 1.90. The summed E-state index contributed by atoms with van der Waals surface area (Å²) in [6, 6.07) is 2.88. The Morgan fingerprint density at radius 3 is 3.06 bits per heavy atom. The Hall–Kier alpha value is -1.62. The Morgan fingerprint density at radius 1 is 1.41 bits per heavy atom. The van der Waals surface area contributed by atoms with Crippen LogP contribution in [0, 0.1) is 0 Å². The van der Waals surface area contributed by atoms with Gasteiger partial charge in [0, 0.05) is 18.7 Å². The van der Waals surface area contributed by atoms with Crippen LogP contribution in [0.1, 0.15) is 29.6 Å². The summed E-state index contributed by atoms with van der Waals surface area (Å²) in [5.74, 6) is -0.192. The standard InChI is InChI=1S/C12H16N2O3/c15-11-5-4-9(8-17-11)12(16)14-10-3-1-2-6-13-7-10/h4-5,8,10,13H,1-3,6-7H2,(H,14,16). The summed E-state index contributed by atoms with van der Waals surface area (Å²) in [5, 5.41) is 6.21. The highest BCUT2D eigenvalue weighted by Gasteiger charge is 2.15. The Kier molecular flexibility index (Phi) is 3.93. The van der Waals surface area contributed by atoms with Crippen molar-refractivity contribution >= 4 is 5.91 Å². The van der Waals surface area contributed by atoms with Crippen LogP contribution in [0.2, 0.25) is 0 Å². The molecule has 1 amide bonds. The third-order valence-corrected chi connectivity index (χ3v) is 2.85. The van der Waals surface area contributed by atoms with Crippen molar-refractivity contribution in [2.45, 2.75) is 25.3 Å². The molecule has 0 aromatic carbocycles. The van der Waals surface area contributed by atoms with E-state index in [0.717, 1.165) is 32.4 Å². The molecule has 1 aliphatic rings. The van der Waals surface area contributed by atoms with E-state index in [4.69, 9.17) is 0 Å². The molecule has 2 N–H and O–H groups in total. The fourth-order valence-electron chi connectivity index (χ4n) is 1.90. The van der Waals surface area contributed by atoms with Crippen LogP contribution in [0.25, 0.3) is 0 Å². The molecule has 1 atom stereocenters. The second kappa shape index (κ2) is 5.63. The average molecular weight is 236 g/mol. The molecule has 2 heterocycles. The van der Waals surface area contributed by atoms with Crippen molar-refractivity contribution in [2.24, 2.45) is 0 Å². The van der Waals surface area contributed by atoms with Crippen molar-refractivity contribution in [3.05, 3.63) is 34.4 Å². The van der Waals surface area contributed by atoms with Gasteiger partial charge in [-0.2, -0.15) is 0 Å². The maximum absolute atomic E-state index is 11.8. The third-order valence-electron chi connectivity index (χ3n) is 2.85. The SMILES string of the molecule is O=C(NC1CCCCNC1)c1ccc(=O)oc1. The van der Waals surface area contributed by atoms with E-state index in [9.17, 15) is 9.59 Å². The van der Waals surface area contributed by atoms with E-state index < -0.39 is 5.63 Å². The molecule has 0 radical (unpaired) electrons. The van der Waals surface area contributed by atoms with E-state index in [0.29, 0.717) is 5.56 Å². The van der Waals surface area contributed by atoms with Crippen LogP contribution < -0.4 is 16.3 Å². The molecule has 5 nitrogen and oxygen atoms in total. The highest BCUT2D eigenvalue weighted by atomic mass is 16.4. The van der Waals surface area contributed by atoms with Gasteiger partial charge in [-0.1, -0.05) is 6.42 Å². The lowest BCUT2D eigenvalue weighted by atomic mass is 10.1. The van der Waals surface area contributed by atoms with Gasteiger partial charge >= 0.3 is 5.63 Å². The van der Waals surface area contributed by atoms with Crippen LogP contribution >= 0.6 is 0 Å². The monoisotopic (exact) mass is 236 g/mol. The number of rotatable bonds is 2. The van der Waals surface area contributed by atoms with Gasteiger partial charge in [0.2, 0.25) is 0 Å². The number of amides is 1. The summed E-state index contributed by atoms with van der Waals surface area (Å²) in [5.41, 5.74) is -0.0634. The van der Waals surface area contributed by atoms with Crippen molar-refractivity contribution in [1.29, 1.82) is 0 Å². The van der Waals surface area contributed by atoms with Gasteiger partial charge in [0.25, 0.3) is 5.91 Å². The van der Waals surface area contributed by atoms with Crippen molar-refractivity contribution in [3.8, 4) is 0 Å². The van der Waals surface area contributed by atoms with Gasteiger partial charge in [0.1, 0.15) is 6.26 Å². The molecule has 0 saturated carbocycles. The molecular formula is C12H16N2O3. The quantitative estimate of drug-likeness (QED) is 0.785. The summed E-state index contributed by atoms with van der Waals surface area (Å²) in [7, 11) is 0. The van der Waals surface area contributed by atoms with Gasteiger partial charge in [-0.15, -0.1) is 0 Å². The van der Waals surface area contributed by atoms with Crippen molar-refractivity contribution in [2.75, 3.05) is 13.1 Å². The molecule has 1 aromatic rings. The molecule has 0 spiro atoms. The maximum atomic E-state index is 11.8. The van der Waals surface area contributed by atoms with E-state index in [2.05, 4.69) is 15.1 Å². The highest BCUT2D eigenvalue weighted by Crippen LogP contribution is 2.05. The lowest BCUT2D eigenvalue weighted by Gasteiger charge is -2.15. The van der Waals surface area contributed by atoms with Crippen LogP contribution in [0.3, 0.4) is 0 Å². The maximum Gasteiger partial charge on any atom is 0.335 e. The number of hydrogen-bond acceptors (Lipinski definition) is 4. The average Bonchev–Trinajstić information content (AvgIpc) is 2.58. The summed E-state index contributed by atoms with van der Waals surface area (Å²) in [6.07, 6.45) is 4.44. The molecule has 0 aliphatic carbocycles. The molecule has 2 rings (SSSR count). The lowest BCUT2D eigenvalue weighted by molar-refractivity contribution is 0.0933. The minimum atomic E-state index is -0.447. The van der Waals surface area contributed by atoms with Crippen LogP contribution in [0.5, 0.6) is 0 Å². The first kappa shape index (κ1) is 11.9. The van der Waals surface area contributed by atoms with Crippen molar-refractivity contribution < 1.29 is 9.21 Å². The lowest BCUT2D eigenvalue weighted by Crippen LogP contribution is -2.40. The Bertz CT molecular complexity index is 413. The van der Waals surface area contributed by atoms with Gasteiger partial charge in [-0.05, 0) is 25.5 Å². The van der Waals surface area contributed by atoms with E-state index in [-0.39, 0.29) is 11.9 Å². The number of nitrogens with one attached hydrogen (secondary N) is 2. The Morgan fingerprint density at radius 2 is 2.29 bits per heavy atom. The molecule has 1 saturated heterocycles. The first-order valence-corrected chi connectivity index (χ1v) is 5.86. The molecular weight excluding hydrogens is 220 g/mol. The van der Waals surface area contributed by atoms with Gasteiger partial charge in [-0.25, -0.2) is 4.79 Å². The zero-order valence-electron chi connectivity index (χ0n) is 9.57. The van der Waals surface area contributed by atoms with E-state index in [1.165, 1.54) is 18.4 Å². The first-order chi connectivity index (χ1) is 8.25. The van der Waals surface area contributed by atoms with E-state index >= 15 is 0 Å². The second-order valence-corrected chi connectivity index (χ2v) is 4.21. The summed E-state index contributed by atoms with van der Waals surface area (Å²) >= 11 is 0. The van der Waals surface area contributed by atoms with Gasteiger partial charge in [0.05, 0.1) is 5.56 Å². The summed E-state index contributed by atoms with van der Waals surface area (Å²) in [4.78, 5) is 22.6. The zero-order valence-corrected chi connectivity index (χ0v) is 9.57. The van der Waals surface area contributed by atoms with Crippen LogP contribution in [-0.4, -0.2) is 25.0 Å². The molecule has 1 aromatic heterocycles. The third kappa shape index (κ3) is 3.42. The molecule has 1 fully saturated rings. The highest BCUT2D eigenvalue weighted by molar-refractivity contribution is 5.93. The smallest absolute Gasteiger partial charge is 0.335 e. The predicted octanol–water partition coefficient (Wildman–Crippen LogP) is 0.512. The van der Waals surface area contributed by atoms with Gasteiger partial charge < -0.3 is 15.1 Å². The molecule has 5 heteroatoms. The van der Waals surface area contributed by atoms with Crippen LogP contribution in [0.15, 0.2) is 27.6 Å². The topological polar surface area (TPSA) is 71.3 Å². The van der Waals surface area contributed by atoms with Crippen molar-refractivity contribution in [3.63, 3.8) is 0 Å². The van der Waals surface area contributed by atoms with Crippen LogP contribution in [0.4, 0.5) is 0 Å². The molecule has 1 unspecified atom stereocenters. The molecule has 1 aliphatic heterocycles. The molecule has 17 heavy (non-hydrogen) atoms. The molecule has 0 bridgehead atoms. The predicted molar refractivity (Wildman–Crippen MR) is 63.0 cm³/mol. The zero-order chi connectivity index (χ0) is 12.1. The largest absolute Gasteiger partial charge is 0.430 e. The van der Waals surface area contributed by atoms with Gasteiger partial charge in [0.15, 0.2) is 0 Å². The molecule has 92 valence electrons. The minimum Gasteiger partial charge on any atom is -0.430 e. The number of carbonyl (C=O) groups excluding carboxylic acids is 1. The van der Waals surface area contributed by atoms with Crippen molar-refractivity contribution in [1.82, 2.24) is 10.6 Å². The van der Waals surface area contributed by atoms with E-state index in [1.54, 1.807) is 0 Å². The number of hydrogen-bond donors (Lipinski definition) is 2. The Balaban J connectivity index is 1.95.